The number of carbonyl (C=O) groups is 1. The minimum Gasteiger partial charge on any atom is -0.305 e. The van der Waals surface area contributed by atoms with Crippen LogP contribution in [0.15, 0.2) is 11.6 Å². The van der Waals surface area contributed by atoms with E-state index in [1.165, 1.54) is 0 Å². The van der Waals surface area contributed by atoms with Gasteiger partial charge >= 0.3 is 0 Å². The monoisotopic (exact) mass is 227 g/mol. The van der Waals surface area contributed by atoms with Crippen molar-refractivity contribution in [2.45, 2.75) is 66.5 Å². The van der Waals surface area contributed by atoms with Crippen molar-refractivity contribution in [2.24, 2.45) is 5.92 Å². The van der Waals surface area contributed by atoms with E-state index in [2.05, 4.69) is 33.0 Å². The third-order valence-corrected chi connectivity index (χ3v) is 3.14. The molecule has 0 rings (SSSR count). The second-order valence-corrected chi connectivity index (χ2v) is 4.71. The lowest BCUT2D eigenvalue weighted by atomic mass is 9.88. The average molecular weight is 227 g/mol. The maximum atomic E-state index is 12.2. The molecule has 0 aliphatic rings. The fourth-order valence-corrected chi connectivity index (χ4v) is 1.93. The van der Waals surface area contributed by atoms with E-state index >= 15 is 0 Å². The molecule has 0 radical (unpaired) electrons. The van der Waals surface area contributed by atoms with Crippen LogP contribution in [0.4, 0.5) is 0 Å². The zero-order chi connectivity index (χ0) is 12.7. The summed E-state index contributed by atoms with van der Waals surface area (Å²) in [5, 5.41) is 3.41. The van der Waals surface area contributed by atoms with Crippen LogP contribution in [-0.4, -0.2) is 17.9 Å². The summed E-state index contributed by atoms with van der Waals surface area (Å²) in [4.78, 5) is 12.2. The molecule has 0 aliphatic heterocycles. The van der Waals surface area contributed by atoms with Gasteiger partial charge in [0.2, 0.25) is 0 Å². The Balaban J connectivity index is 0. The Bertz CT molecular complexity index is 245. The van der Waals surface area contributed by atoms with Gasteiger partial charge in [-0.25, -0.2) is 0 Å². The summed E-state index contributed by atoms with van der Waals surface area (Å²) < 4.78 is 0. The van der Waals surface area contributed by atoms with Crippen LogP contribution in [-0.2, 0) is 4.79 Å². The van der Waals surface area contributed by atoms with Crippen LogP contribution in [0.25, 0.3) is 0 Å². The number of carbonyl (C=O) groups excluding carboxylic acids is 1. The van der Waals surface area contributed by atoms with Gasteiger partial charge in [-0.1, -0.05) is 46.6 Å². The van der Waals surface area contributed by atoms with Gasteiger partial charge in [0.05, 0.1) is 6.04 Å². The fraction of sp³-hybridized carbons (Fsp3) is 0.786. The molecular weight excluding hydrogens is 198 g/mol. The Morgan fingerprint density at radius 3 is 2.12 bits per heavy atom. The van der Waals surface area contributed by atoms with Gasteiger partial charge in [0.1, 0.15) is 0 Å². The summed E-state index contributed by atoms with van der Waals surface area (Å²) in [6, 6.07) is 0.324. The van der Waals surface area contributed by atoms with E-state index in [0.717, 1.165) is 18.4 Å². The molecule has 0 aromatic carbocycles. The van der Waals surface area contributed by atoms with Gasteiger partial charge in [0, 0.05) is 7.47 Å². The molecule has 0 spiro atoms. The number of Topliss-reactive ketones (excluding diaryl/α,β-unsaturated/α-hetero) is 1. The van der Waals surface area contributed by atoms with Crippen molar-refractivity contribution in [3.63, 3.8) is 0 Å². The third-order valence-electron chi connectivity index (χ3n) is 3.14. The SMILES string of the molecule is C/C=C(/C)C(=O)[C@@H](NC(C)C)C(CC)CC.[HH]. The van der Waals surface area contributed by atoms with Crippen molar-refractivity contribution in [3.8, 4) is 0 Å². The first-order valence-electron chi connectivity index (χ1n) is 6.40. The van der Waals surface area contributed by atoms with Crippen LogP contribution in [0.3, 0.4) is 0 Å². The Morgan fingerprint density at radius 1 is 1.31 bits per heavy atom. The quantitative estimate of drug-likeness (QED) is 0.674. The summed E-state index contributed by atoms with van der Waals surface area (Å²) in [7, 11) is 0. The second-order valence-electron chi connectivity index (χ2n) is 4.71. The van der Waals surface area contributed by atoms with Crippen LogP contribution < -0.4 is 5.32 Å². The second kappa shape index (κ2) is 7.61. The molecule has 0 amide bonds. The van der Waals surface area contributed by atoms with Gasteiger partial charge in [-0.15, -0.1) is 0 Å². The molecule has 0 fully saturated rings. The van der Waals surface area contributed by atoms with Crippen LogP contribution in [0, 0.1) is 5.92 Å². The standard InChI is InChI=1S/C14H27NO.H2/c1-7-11(6)14(16)13(15-10(4)5)12(8-2)9-3;/h7,10,12-13,15H,8-9H2,1-6H3;1H/b11-7-;/t13-;/m0./s1. The van der Waals surface area contributed by atoms with Gasteiger partial charge in [-0.2, -0.15) is 0 Å². The van der Waals surface area contributed by atoms with Crippen LogP contribution in [0.2, 0.25) is 0 Å². The first-order chi connectivity index (χ1) is 7.47. The highest BCUT2D eigenvalue weighted by atomic mass is 16.1. The molecule has 0 aromatic rings. The van der Waals surface area contributed by atoms with Crippen molar-refractivity contribution in [1.82, 2.24) is 5.32 Å². The normalized spacial score (nSPS) is 14.6. The molecule has 0 bridgehead atoms. The predicted octanol–water partition coefficient (Wildman–Crippen LogP) is 3.57. The molecule has 0 unspecified atom stereocenters. The van der Waals surface area contributed by atoms with E-state index in [1.54, 1.807) is 0 Å². The number of hydrogen-bond acceptors (Lipinski definition) is 2. The Kier molecular flexibility index (Phi) is 7.31. The maximum absolute atomic E-state index is 12.2. The van der Waals surface area contributed by atoms with Crippen molar-refractivity contribution < 1.29 is 6.22 Å². The first-order valence-corrected chi connectivity index (χ1v) is 6.40. The smallest absolute Gasteiger partial charge is 0.175 e. The zero-order valence-corrected chi connectivity index (χ0v) is 11.6. The van der Waals surface area contributed by atoms with Crippen molar-refractivity contribution >= 4 is 5.78 Å². The number of allylic oxidation sites excluding steroid dienone is 1. The number of hydrogen-bond donors (Lipinski definition) is 1. The maximum Gasteiger partial charge on any atom is 0.175 e. The van der Waals surface area contributed by atoms with E-state index in [0.29, 0.717) is 12.0 Å². The third kappa shape index (κ3) is 4.48. The Hall–Kier alpha value is -0.630. The Morgan fingerprint density at radius 2 is 1.81 bits per heavy atom. The van der Waals surface area contributed by atoms with E-state index < -0.39 is 0 Å². The van der Waals surface area contributed by atoms with Crippen LogP contribution in [0.5, 0.6) is 0 Å². The highest BCUT2D eigenvalue weighted by Gasteiger charge is 2.26. The molecule has 0 aliphatic carbocycles. The summed E-state index contributed by atoms with van der Waals surface area (Å²) in [6.07, 6.45) is 3.99. The van der Waals surface area contributed by atoms with Crippen LogP contribution >= 0.6 is 0 Å². The number of rotatable bonds is 7. The lowest BCUT2D eigenvalue weighted by Gasteiger charge is -2.27. The summed E-state index contributed by atoms with van der Waals surface area (Å²) in [6.45, 7) is 12.3. The van der Waals surface area contributed by atoms with Gasteiger partial charge in [-0.05, 0) is 25.3 Å². The molecule has 2 nitrogen and oxygen atoms in total. The molecular formula is C14H29NO. The lowest BCUT2D eigenvalue weighted by Crippen LogP contribution is -2.46. The summed E-state index contributed by atoms with van der Waals surface area (Å²) in [5.74, 6) is 0.690. The number of ketones is 1. The minimum atomic E-state index is -0.0220. The van der Waals surface area contributed by atoms with E-state index in [9.17, 15) is 4.79 Å². The fourth-order valence-electron chi connectivity index (χ4n) is 1.93. The van der Waals surface area contributed by atoms with Gasteiger partial charge in [0.25, 0.3) is 0 Å². The van der Waals surface area contributed by atoms with Crippen molar-refractivity contribution in [3.05, 3.63) is 11.6 Å². The lowest BCUT2D eigenvalue weighted by molar-refractivity contribution is -0.119. The molecule has 2 heteroatoms. The molecule has 1 atom stereocenters. The van der Waals surface area contributed by atoms with E-state index in [-0.39, 0.29) is 13.3 Å². The van der Waals surface area contributed by atoms with E-state index in [4.69, 9.17) is 0 Å². The summed E-state index contributed by atoms with van der Waals surface area (Å²) in [5.41, 5.74) is 0.866. The molecule has 1 N–H and O–H groups in total. The van der Waals surface area contributed by atoms with Gasteiger partial charge in [-0.3, -0.25) is 4.79 Å². The van der Waals surface area contributed by atoms with Crippen molar-refractivity contribution in [2.75, 3.05) is 0 Å². The largest absolute Gasteiger partial charge is 0.305 e. The van der Waals surface area contributed by atoms with Crippen LogP contribution in [0.1, 0.15) is 55.8 Å². The minimum absolute atomic E-state index is 0. The molecule has 0 aromatic heterocycles. The highest BCUT2D eigenvalue weighted by molar-refractivity contribution is 5.99. The van der Waals surface area contributed by atoms with E-state index in [1.807, 2.05) is 19.9 Å². The molecule has 96 valence electrons. The molecule has 0 saturated carbocycles. The predicted molar refractivity (Wildman–Crippen MR) is 72.7 cm³/mol. The number of nitrogens with one attached hydrogen (secondary N) is 1. The molecule has 0 heterocycles. The van der Waals surface area contributed by atoms with Gasteiger partial charge < -0.3 is 5.32 Å². The van der Waals surface area contributed by atoms with Gasteiger partial charge in [0.15, 0.2) is 5.78 Å². The zero-order valence-electron chi connectivity index (χ0n) is 11.6. The average Bonchev–Trinajstić information content (AvgIpc) is 2.26. The van der Waals surface area contributed by atoms with Crippen molar-refractivity contribution in [1.29, 1.82) is 0 Å². The molecule has 16 heavy (non-hydrogen) atoms. The Labute approximate surface area is 102 Å². The first kappa shape index (κ1) is 15.4. The molecule has 0 saturated heterocycles. The highest BCUT2D eigenvalue weighted by Crippen LogP contribution is 2.17. The topological polar surface area (TPSA) is 29.1 Å². The summed E-state index contributed by atoms with van der Waals surface area (Å²) >= 11 is 0.